The molecule has 3 heteroatoms. The van der Waals surface area contributed by atoms with E-state index in [9.17, 15) is 4.79 Å². The Balaban J connectivity index is 2.26. The second-order valence-corrected chi connectivity index (χ2v) is 4.81. The zero-order valence-electron chi connectivity index (χ0n) is 10.5. The molecule has 92 valence electrons. The minimum atomic E-state index is -0.0415. The van der Waals surface area contributed by atoms with E-state index in [2.05, 4.69) is 12.2 Å². The van der Waals surface area contributed by atoms with Crippen LogP contribution in [-0.4, -0.2) is 25.5 Å². The van der Waals surface area contributed by atoms with Crippen molar-refractivity contribution in [2.24, 2.45) is 5.92 Å². The van der Waals surface area contributed by atoms with Gasteiger partial charge >= 0.3 is 0 Å². The maximum absolute atomic E-state index is 12.4. The third-order valence-corrected chi connectivity index (χ3v) is 3.42. The molecule has 1 aliphatic heterocycles. The number of carbonyl (C=O) groups excluding carboxylic acids is 1. The summed E-state index contributed by atoms with van der Waals surface area (Å²) < 4.78 is 0. The molecule has 1 heterocycles. The van der Waals surface area contributed by atoms with Gasteiger partial charge in [0.2, 0.25) is 5.91 Å². The molecule has 0 saturated carbocycles. The maximum Gasteiger partial charge on any atom is 0.244 e. The summed E-state index contributed by atoms with van der Waals surface area (Å²) in [4.78, 5) is 14.3. The summed E-state index contributed by atoms with van der Waals surface area (Å²) in [5, 5.41) is 3.12. The number of amides is 1. The average molecular weight is 232 g/mol. The highest BCUT2D eigenvalue weighted by atomic mass is 16.2. The molecule has 1 aromatic rings. The lowest BCUT2D eigenvalue weighted by Crippen LogP contribution is -2.44. The van der Waals surface area contributed by atoms with Crippen LogP contribution in [-0.2, 0) is 4.79 Å². The Bertz CT molecular complexity index is 377. The van der Waals surface area contributed by atoms with Gasteiger partial charge in [-0.1, -0.05) is 25.1 Å². The molecule has 1 N–H and O–H groups in total. The topological polar surface area (TPSA) is 32.3 Å². The third kappa shape index (κ3) is 2.67. The van der Waals surface area contributed by atoms with Crippen molar-refractivity contribution in [3.8, 4) is 0 Å². The summed E-state index contributed by atoms with van der Waals surface area (Å²) in [6, 6.07) is 9.90. The summed E-state index contributed by atoms with van der Waals surface area (Å²) in [6.07, 6.45) is 2.03. The minimum absolute atomic E-state index is 0.0415. The van der Waals surface area contributed by atoms with E-state index in [1.807, 2.05) is 42.3 Å². The van der Waals surface area contributed by atoms with Gasteiger partial charge < -0.3 is 10.2 Å². The van der Waals surface area contributed by atoms with Crippen molar-refractivity contribution in [1.29, 1.82) is 0 Å². The zero-order chi connectivity index (χ0) is 12.3. The molecule has 0 aromatic heterocycles. The van der Waals surface area contributed by atoms with Crippen LogP contribution in [0.25, 0.3) is 0 Å². The molecule has 2 unspecified atom stereocenters. The first kappa shape index (κ1) is 12.1. The Morgan fingerprint density at radius 2 is 1.94 bits per heavy atom. The highest BCUT2D eigenvalue weighted by Crippen LogP contribution is 2.23. The van der Waals surface area contributed by atoms with Gasteiger partial charge in [0.05, 0.1) is 6.04 Å². The summed E-state index contributed by atoms with van der Waals surface area (Å²) in [7, 11) is 1.86. The smallest absolute Gasteiger partial charge is 0.244 e. The van der Waals surface area contributed by atoms with Gasteiger partial charge in [-0.25, -0.2) is 0 Å². The number of carbonyl (C=O) groups is 1. The summed E-state index contributed by atoms with van der Waals surface area (Å²) >= 11 is 0. The van der Waals surface area contributed by atoms with E-state index in [1.54, 1.807) is 0 Å². The Kier molecular flexibility index (Phi) is 3.79. The quantitative estimate of drug-likeness (QED) is 0.846. The van der Waals surface area contributed by atoms with E-state index >= 15 is 0 Å². The second-order valence-electron chi connectivity index (χ2n) is 4.81. The van der Waals surface area contributed by atoms with Crippen molar-refractivity contribution in [2.45, 2.75) is 25.8 Å². The number of likely N-dealkylation sites (N-methyl/N-ethyl adjacent to an activating group) is 1. The van der Waals surface area contributed by atoms with Crippen molar-refractivity contribution in [1.82, 2.24) is 5.32 Å². The first-order valence-corrected chi connectivity index (χ1v) is 6.26. The van der Waals surface area contributed by atoms with Crippen LogP contribution >= 0.6 is 0 Å². The van der Waals surface area contributed by atoms with Crippen LogP contribution in [0.3, 0.4) is 0 Å². The van der Waals surface area contributed by atoms with E-state index < -0.39 is 0 Å². The van der Waals surface area contributed by atoms with Gasteiger partial charge in [-0.05, 0) is 37.9 Å². The van der Waals surface area contributed by atoms with Gasteiger partial charge in [-0.3, -0.25) is 4.79 Å². The van der Waals surface area contributed by atoms with Crippen LogP contribution in [0, 0.1) is 5.92 Å². The molecule has 3 nitrogen and oxygen atoms in total. The molecule has 0 bridgehead atoms. The van der Waals surface area contributed by atoms with Crippen molar-refractivity contribution >= 4 is 11.6 Å². The van der Waals surface area contributed by atoms with Crippen molar-refractivity contribution in [3.63, 3.8) is 0 Å². The van der Waals surface area contributed by atoms with Crippen molar-refractivity contribution in [2.75, 3.05) is 18.5 Å². The maximum atomic E-state index is 12.4. The Hall–Kier alpha value is -1.35. The molecular formula is C14H20N2O. The number of nitrogens with one attached hydrogen (secondary N) is 1. The fourth-order valence-electron chi connectivity index (χ4n) is 2.36. The molecule has 0 spiro atoms. The van der Waals surface area contributed by atoms with Crippen LogP contribution in [0.5, 0.6) is 0 Å². The summed E-state index contributed by atoms with van der Waals surface area (Å²) in [5.74, 6) is 0.751. The van der Waals surface area contributed by atoms with E-state index in [0.717, 1.165) is 25.1 Å². The average Bonchev–Trinajstić information content (AvgIpc) is 2.50. The fraction of sp³-hybridized carbons (Fsp3) is 0.500. The molecule has 2 atom stereocenters. The molecule has 1 fully saturated rings. The molecule has 0 radical (unpaired) electrons. The second kappa shape index (κ2) is 5.32. The van der Waals surface area contributed by atoms with Crippen LogP contribution in [0.1, 0.15) is 19.8 Å². The number of benzene rings is 1. The molecule has 1 aliphatic rings. The molecule has 2 rings (SSSR count). The van der Waals surface area contributed by atoms with E-state index in [1.165, 1.54) is 0 Å². The lowest BCUT2D eigenvalue weighted by atomic mass is 10.0. The normalized spacial score (nSPS) is 25.8. The van der Waals surface area contributed by atoms with Crippen LogP contribution in [0.4, 0.5) is 5.69 Å². The van der Waals surface area contributed by atoms with E-state index in [4.69, 9.17) is 0 Å². The van der Waals surface area contributed by atoms with Gasteiger partial charge in [0.1, 0.15) is 0 Å². The first-order valence-electron chi connectivity index (χ1n) is 6.26. The van der Waals surface area contributed by atoms with Gasteiger partial charge in [0.15, 0.2) is 0 Å². The molecule has 1 saturated heterocycles. The van der Waals surface area contributed by atoms with Gasteiger partial charge in [-0.2, -0.15) is 0 Å². The van der Waals surface area contributed by atoms with Crippen molar-refractivity contribution < 1.29 is 4.79 Å². The van der Waals surface area contributed by atoms with Crippen molar-refractivity contribution in [3.05, 3.63) is 30.3 Å². The van der Waals surface area contributed by atoms with E-state index in [0.29, 0.717) is 5.92 Å². The number of hydrogen-bond donors (Lipinski definition) is 1. The first-order chi connectivity index (χ1) is 8.22. The SMILES string of the molecule is CNC1CCC(C)CN(c2ccccc2)C1=O. The third-order valence-electron chi connectivity index (χ3n) is 3.42. The number of anilines is 1. The fourth-order valence-corrected chi connectivity index (χ4v) is 2.36. The van der Waals surface area contributed by atoms with Crippen LogP contribution in [0.2, 0.25) is 0 Å². The molecule has 0 aliphatic carbocycles. The number of para-hydroxylation sites is 1. The zero-order valence-corrected chi connectivity index (χ0v) is 10.5. The van der Waals surface area contributed by atoms with E-state index in [-0.39, 0.29) is 11.9 Å². The monoisotopic (exact) mass is 232 g/mol. The van der Waals surface area contributed by atoms with Crippen LogP contribution in [0.15, 0.2) is 30.3 Å². The lowest BCUT2D eigenvalue weighted by molar-refractivity contribution is -0.120. The Labute approximate surface area is 103 Å². The predicted octanol–water partition coefficient (Wildman–Crippen LogP) is 2.04. The molecule has 17 heavy (non-hydrogen) atoms. The molecular weight excluding hydrogens is 212 g/mol. The lowest BCUT2D eigenvalue weighted by Gasteiger charge is -2.25. The molecule has 1 amide bonds. The summed E-state index contributed by atoms with van der Waals surface area (Å²) in [6.45, 7) is 3.03. The highest BCUT2D eigenvalue weighted by molar-refractivity contribution is 5.97. The van der Waals surface area contributed by atoms with Gasteiger partial charge in [-0.15, -0.1) is 0 Å². The van der Waals surface area contributed by atoms with Gasteiger partial charge in [0, 0.05) is 12.2 Å². The Morgan fingerprint density at radius 3 is 2.59 bits per heavy atom. The number of hydrogen-bond acceptors (Lipinski definition) is 2. The highest BCUT2D eigenvalue weighted by Gasteiger charge is 2.29. The largest absolute Gasteiger partial charge is 0.311 e. The summed E-state index contributed by atoms with van der Waals surface area (Å²) in [5.41, 5.74) is 1.01. The predicted molar refractivity (Wildman–Crippen MR) is 70.0 cm³/mol. The van der Waals surface area contributed by atoms with Crippen LogP contribution < -0.4 is 10.2 Å². The standard InChI is InChI=1S/C14H20N2O/c1-11-8-9-13(15-2)14(17)16(10-11)12-6-4-3-5-7-12/h3-7,11,13,15H,8-10H2,1-2H3. The number of rotatable bonds is 2. The van der Waals surface area contributed by atoms with Gasteiger partial charge in [0.25, 0.3) is 0 Å². The Morgan fingerprint density at radius 1 is 1.24 bits per heavy atom. The molecule has 1 aromatic carbocycles. The minimum Gasteiger partial charge on any atom is -0.311 e. The number of nitrogens with zero attached hydrogens (tertiary/aromatic N) is 1.